The number of aryl methyl sites for hydroxylation is 1. The van der Waals surface area contributed by atoms with Crippen molar-refractivity contribution in [1.29, 1.82) is 0 Å². The first-order valence-corrected chi connectivity index (χ1v) is 8.61. The second-order valence-electron chi connectivity index (χ2n) is 5.27. The van der Waals surface area contributed by atoms with Crippen LogP contribution in [-0.4, -0.2) is 11.9 Å². The number of hydrogen-bond donors (Lipinski definition) is 0. The summed E-state index contributed by atoms with van der Waals surface area (Å²) in [5, 5.41) is 0.628. The first-order chi connectivity index (χ1) is 11.9. The predicted octanol–water partition coefficient (Wildman–Crippen LogP) is 5.64. The molecule has 2 aromatic carbocycles. The monoisotopic (exact) mass is 400 g/mol. The van der Waals surface area contributed by atoms with Crippen molar-refractivity contribution in [3.63, 3.8) is 0 Å². The van der Waals surface area contributed by atoms with Gasteiger partial charge in [-0.2, -0.15) is 0 Å². The molecule has 7 heteroatoms. The molecular formula is C18H15Cl3O4. The fraction of sp³-hybridized carbons (Fsp3) is 0.222. The van der Waals surface area contributed by atoms with Crippen LogP contribution in [0.4, 0.5) is 0 Å². The normalized spacial score (nSPS) is 10.4. The molecule has 0 atom stereocenters. The lowest BCUT2D eigenvalue weighted by atomic mass is 10.2. The van der Waals surface area contributed by atoms with E-state index in [1.807, 2.05) is 19.1 Å². The van der Waals surface area contributed by atoms with E-state index in [0.717, 1.165) is 5.56 Å². The zero-order chi connectivity index (χ0) is 18.4. The molecule has 4 nitrogen and oxygen atoms in total. The number of ether oxygens (including phenoxy) is 2. The van der Waals surface area contributed by atoms with Crippen LogP contribution in [0.3, 0.4) is 0 Å². The molecule has 0 heterocycles. The van der Waals surface area contributed by atoms with Crippen LogP contribution < -0.4 is 9.47 Å². The molecule has 132 valence electrons. The summed E-state index contributed by atoms with van der Waals surface area (Å²) in [6.45, 7) is 1.85. The average Bonchev–Trinajstić information content (AvgIpc) is 2.53. The van der Waals surface area contributed by atoms with Crippen molar-refractivity contribution in [3.05, 3.63) is 57.0 Å². The number of rotatable bonds is 6. The molecule has 0 unspecified atom stereocenters. The van der Waals surface area contributed by atoms with Gasteiger partial charge in [0.2, 0.25) is 0 Å². The molecule has 0 aromatic heterocycles. The Hall–Kier alpha value is -1.75. The van der Waals surface area contributed by atoms with Gasteiger partial charge in [0.05, 0.1) is 10.0 Å². The second kappa shape index (κ2) is 9.09. The summed E-state index contributed by atoms with van der Waals surface area (Å²) in [5.41, 5.74) is 0.863. The Balaban J connectivity index is 1.81. The fourth-order valence-electron chi connectivity index (χ4n) is 2.01. The highest BCUT2D eigenvalue weighted by Crippen LogP contribution is 2.36. The smallest absolute Gasteiger partial charge is 0.311 e. The number of carbonyl (C=O) groups is 2. The number of esters is 2. The van der Waals surface area contributed by atoms with Gasteiger partial charge in [-0.15, -0.1) is 0 Å². The quantitative estimate of drug-likeness (QED) is 0.464. The minimum absolute atomic E-state index is 0.0259. The minimum atomic E-state index is -0.546. The van der Waals surface area contributed by atoms with Gasteiger partial charge in [-0.1, -0.05) is 53.0 Å². The van der Waals surface area contributed by atoms with Crippen LogP contribution in [0.1, 0.15) is 24.8 Å². The Kier molecular flexibility index (Phi) is 7.12. The zero-order valence-electron chi connectivity index (χ0n) is 13.4. The first-order valence-electron chi connectivity index (χ1n) is 7.48. The fourth-order valence-corrected chi connectivity index (χ4v) is 2.91. The van der Waals surface area contributed by atoms with Gasteiger partial charge in [-0.3, -0.25) is 9.59 Å². The van der Waals surface area contributed by atoms with Gasteiger partial charge in [0, 0.05) is 17.9 Å². The van der Waals surface area contributed by atoms with E-state index in [1.54, 1.807) is 12.1 Å². The molecule has 0 aliphatic rings. The van der Waals surface area contributed by atoms with Crippen LogP contribution in [0.5, 0.6) is 11.5 Å². The third-order valence-corrected chi connectivity index (χ3v) is 4.04. The summed E-state index contributed by atoms with van der Waals surface area (Å²) in [7, 11) is 0. The molecule has 0 bridgehead atoms. The summed E-state index contributed by atoms with van der Waals surface area (Å²) >= 11 is 17.7. The van der Waals surface area contributed by atoms with Crippen molar-refractivity contribution in [3.8, 4) is 11.5 Å². The van der Waals surface area contributed by atoms with E-state index >= 15 is 0 Å². The van der Waals surface area contributed by atoms with Crippen LogP contribution in [0.25, 0.3) is 0 Å². The van der Waals surface area contributed by atoms with Gasteiger partial charge in [-0.05, 0) is 37.1 Å². The summed E-state index contributed by atoms with van der Waals surface area (Å²) in [6.07, 6.45) is 0.399. The standard InChI is InChI=1S/C18H15Cl3O4/c1-11-5-2-3-6-15(11)24-16(22)7-4-8-17(23)25-18-13(20)9-12(19)10-14(18)21/h2-3,5-6,9-10H,4,7-8H2,1H3. The van der Waals surface area contributed by atoms with Crippen molar-refractivity contribution >= 4 is 46.7 Å². The number of halogens is 3. The van der Waals surface area contributed by atoms with E-state index in [2.05, 4.69) is 0 Å². The first kappa shape index (κ1) is 19.6. The van der Waals surface area contributed by atoms with E-state index in [-0.39, 0.29) is 35.1 Å². The molecule has 25 heavy (non-hydrogen) atoms. The molecule has 0 aliphatic heterocycles. The largest absolute Gasteiger partial charge is 0.426 e. The third-order valence-electron chi connectivity index (χ3n) is 3.26. The highest BCUT2D eigenvalue weighted by atomic mass is 35.5. The number of para-hydroxylation sites is 1. The topological polar surface area (TPSA) is 52.6 Å². The van der Waals surface area contributed by atoms with Gasteiger partial charge in [-0.25, -0.2) is 0 Å². The van der Waals surface area contributed by atoms with Crippen LogP contribution in [0.2, 0.25) is 15.1 Å². The van der Waals surface area contributed by atoms with Gasteiger partial charge >= 0.3 is 11.9 Å². The van der Waals surface area contributed by atoms with Crippen molar-refractivity contribution < 1.29 is 19.1 Å². The number of carbonyl (C=O) groups excluding carboxylic acids is 2. The molecule has 0 saturated carbocycles. The molecule has 0 fully saturated rings. The lowest BCUT2D eigenvalue weighted by Crippen LogP contribution is -2.12. The Labute approximate surface area is 160 Å². The van der Waals surface area contributed by atoms with Crippen molar-refractivity contribution in [1.82, 2.24) is 0 Å². The molecule has 0 spiro atoms. The molecular weight excluding hydrogens is 387 g/mol. The van der Waals surface area contributed by atoms with Crippen LogP contribution in [0.15, 0.2) is 36.4 Å². The van der Waals surface area contributed by atoms with Crippen LogP contribution in [-0.2, 0) is 9.59 Å². The van der Waals surface area contributed by atoms with Gasteiger partial charge in [0.15, 0.2) is 5.75 Å². The molecule has 2 rings (SSSR count). The summed E-state index contributed by atoms with van der Waals surface area (Å²) in [6, 6.07) is 10.1. The van der Waals surface area contributed by atoms with E-state index in [9.17, 15) is 9.59 Å². The van der Waals surface area contributed by atoms with Crippen molar-refractivity contribution in [2.45, 2.75) is 26.2 Å². The molecule has 0 N–H and O–H groups in total. The van der Waals surface area contributed by atoms with E-state index in [0.29, 0.717) is 10.8 Å². The number of hydrogen-bond acceptors (Lipinski definition) is 4. The highest BCUT2D eigenvalue weighted by molar-refractivity contribution is 6.40. The Morgan fingerprint density at radius 2 is 1.48 bits per heavy atom. The maximum atomic E-state index is 11.9. The van der Waals surface area contributed by atoms with Gasteiger partial charge < -0.3 is 9.47 Å². The van der Waals surface area contributed by atoms with E-state index in [4.69, 9.17) is 44.3 Å². The van der Waals surface area contributed by atoms with Gasteiger partial charge in [0.25, 0.3) is 0 Å². The maximum Gasteiger partial charge on any atom is 0.311 e. The Morgan fingerprint density at radius 3 is 2.08 bits per heavy atom. The second-order valence-corrected chi connectivity index (χ2v) is 6.52. The van der Waals surface area contributed by atoms with E-state index < -0.39 is 11.9 Å². The molecule has 0 saturated heterocycles. The molecule has 0 aliphatic carbocycles. The third kappa shape index (κ3) is 5.92. The van der Waals surface area contributed by atoms with E-state index in [1.165, 1.54) is 12.1 Å². The maximum absolute atomic E-state index is 11.9. The number of benzene rings is 2. The lowest BCUT2D eigenvalue weighted by Gasteiger charge is -2.09. The minimum Gasteiger partial charge on any atom is -0.426 e. The summed E-state index contributed by atoms with van der Waals surface area (Å²) in [4.78, 5) is 23.7. The Bertz CT molecular complexity index is 767. The average molecular weight is 402 g/mol. The van der Waals surface area contributed by atoms with Crippen LogP contribution >= 0.6 is 34.8 Å². The van der Waals surface area contributed by atoms with Crippen molar-refractivity contribution in [2.75, 3.05) is 0 Å². The zero-order valence-corrected chi connectivity index (χ0v) is 15.6. The van der Waals surface area contributed by atoms with Gasteiger partial charge in [0.1, 0.15) is 5.75 Å². The summed E-state index contributed by atoms with van der Waals surface area (Å²) in [5.74, 6) is -0.394. The molecule has 2 aromatic rings. The highest BCUT2D eigenvalue weighted by Gasteiger charge is 2.15. The SMILES string of the molecule is Cc1ccccc1OC(=O)CCCC(=O)Oc1c(Cl)cc(Cl)cc1Cl. The summed E-state index contributed by atoms with van der Waals surface area (Å²) < 4.78 is 10.4. The van der Waals surface area contributed by atoms with Crippen molar-refractivity contribution in [2.24, 2.45) is 0 Å². The van der Waals surface area contributed by atoms with Crippen LogP contribution in [0, 0.1) is 6.92 Å². The molecule has 0 amide bonds. The molecule has 0 radical (unpaired) electrons. The predicted molar refractivity (Wildman–Crippen MR) is 97.8 cm³/mol. The Morgan fingerprint density at radius 1 is 0.920 bits per heavy atom. The lowest BCUT2D eigenvalue weighted by molar-refractivity contribution is -0.136.